The Labute approximate surface area is 126 Å². The first-order valence-corrected chi connectivity index (χ1v) is 9.21. The van der Waals surface area contributed by atoms with Gasteiger partial charge in [0.05, 0.1) is 17.1 Å². The summed E-state index contributed by atoms with van der Waals surface area (Å²) in [6, 6.07) is 5.53. The Balaban J connectivity index is 1.88. The fraction of sp³-hybridized carbons (Fsp3) is 0.625. The van der Waals surface area contributed by atoms with E-state index in [-0.39, 0.29) is 11.4 Å². The molecule has 2 aliphatic heterocycles. The van der Waals surface area contributed by atoms with Gasteiger partial charge in [0.25, 0.3) is 0 Å². The Morgan fingerprint density at radius 1 is 1.33 bits per heavy atom. The first-order chi connectivity index (χ1) is 9.78. The van der Waals surface area contributed by atoms with Crippen LogP contribution >= 0.6 is 0 Å². The number of sulfone groups is 1. The van der Waals surface area contributed by atoms with Gasteiger partial charge in [0.2, 0.25) is 0 Å². The number of ether oxygens (including phenoxy) is 1. The molecule has 1 fully saturated rings. The molecule has 0 radical (unpaired) electrons. The van der Waals surface area contributed by atoms with Crippen molar-refractivity contribution in [2.75, 3.05) is 5.75 Å². The summed E-state index contributed by atoms with van der Waals surface area (Å²) in [4.78, 5) is 0. The summed E-state index contributed by atoms with van der Waals surface area (Å²) in [6.45, 7) is 4.05. The van der Waals surface area contributed by atoms with Crippen LogP contribution in [-0.2, 0) is 16.3 Å². The smallest absolute Gasteiger partial charge is 0.156 e. The van der Waals surface area contributed by atoms with Gasteiger partial charge in [0.15, 0.2) is 9.84 Å². The molecule has 0 bridgehead atoms. The zero-order valence-electron chi connectivity index (χ0n) is 12.5. The Hall–Kier alpha value is -1.07. The van der Waals surface area contributed by atoms with Gasteiger partial charge in [-0.05, 0) is 49.9 Å². The van der Waals surface area contributed by atoms with Crippen molar-refractivity contribution in [3.63, 3.8) is 0 Å². The first kappa shape index (κ1) is 14.9. The van der Waals surface area contributed by atoms with Gasteiger partial charge in [-0.15, -0.1) is 0 Å². The average molecular weight is 310 g/mol. The molecule has 116 valence electrons. The average Bonchev–Trinajstić information content (AvgIpc) is 2.70. The quantitative estimate of drug-likeness (QED) is 0.911. The molecule has 0 spiro atoms. The molecule has 0 saturated carbocycles. The van der Waals surface area contributed by atoms with Crippen molar-refractivity contribution in [2.45, 2.75) is 56.5 Å². The maximum absolute atomic E-state index is 12.1. The zero-order chi connectivity index (χ0) is 15.3. The number of rotatable bonds is 2. The van der Waals surface area contributed by atoms with Crippen LogP contribution < -0.4 is 4.74 Å². The normalized spacial score (nSPS) is 27.7. The van der Waals surface area contributed by atoms with Crippen LogP contribution in [0.2, 0.25) is 0 Å². The third-order valence-corrected chi connectivity index (χ3v) is 6.68. The SMILES string of the molecule is CC1(C)Cc2cc(C(O)C3CCCCS3(=O)=O)ccc2O1. The second kappa shape index (κ2) is 4.99. The minimum absolute atomic E-state index is 0.190. The van der Waals surface area contributed by atoms with Gasteiger partial charge >= 0.3 is 0 Å². The maximum atomic E-state index is 12.1. The molecule has 5 heteroatoms. The lowest BCUT2D eigenvalue weighted by Crippen LogP contribution is -2.33. The monoisotopic (exact) mass is 310 g/mol. The number of aliphatic hydroxyl groups excluding tert-OH is 1. The van der Waals surface area contributed by atoms with Crippen molar-refractivity contribution in [2.24, 2.45) is 0 Å². The summed E-state index contributed by atoms with van der Waals surface area (Å²) in [5.74, 6) is 1.03. The van der Waals surface area contributed by atoms with Crippen molar-refractivity contribution in [3.8, 4) is 5.75 Å². The summed E-state index contributed by atoms with van der Waals surface area (Å²) in [6.07, 6.45) is 1.95. The van der Waals surface area contributed by atoms with Gasteiger partial charge in [0.1, 0.15) is 11.4 Å². The van der Waals surface area contributed by atoms with E-state index in [1.54, 1.807) is 6.07 Å². The van der Waals surface area contributed by atoms with Gasteiger partial charge in [-0.3, -0.25) is 0 Å². The van der Waals surface area contributed by atoms with Crippen molar-refractivity contribution in [1.29, 1.82) is 0 Å². The van der Waals surface area contributed by atoms with E-state index in [2.05, 4.69) is 0 Å². The molecule has 2 heterocycles. The molecule has 1 saturated heterocycles. The van der Waals surface area contributed by atoms with Gasteiger partial charge in [-0.1, -0.05) is 12.5 Å². The lowest BCUT2D eigenvalue weighted by molar-refractivity contribution is 0.138. The lowest BCUT2D eigenvalue weighted by atomic mass is 9.96. The van der Waals surface area contributed by atoms with Gasteiger partial charge in [0, 0.05) is 6.42 Å². The number of hydrogen-bond acceptors (Lipinski definition) is 4. The Morgan fingerprint density at radius 3 is 2.81 bits per heavy atom. The van der Waals surface area contributed by atoms with Crippen molar-refractivity contribution >= 4 is 9.84 Å². The van der Waals surface area contributed by atoms with Crippen LogP contribution in [-0.4, -0.2) is 30.1 Å². The number of fused-ring (bicyclic) bond motifs is 1. The number of aliphatic hydroxyl groups is 1. The summed E-state index contributed by atoms with van der Waals surface area (Å²) in [5.41, 5.74) is 1.50. The van der Waals surface area contributed by atoms with Gasteiger partial charge in [-0.25, -0.2) is 8.42 Å². The standard InChI is InChI=1S/C16H22O4S/c1-16(2)10-12-9-11(6-7-13(12)20-16)15(17)14-5-3-4-8-21(14,18)19/h6-7,9,14-15,17H,3-5,8,10H2,1-2H3. The van der Waals surface area contributed by atoms with Crippen molar-refractivity contribution < 1.29 is 18.3 Å². The van der Waals surface area contributed by atoms with E-state index in [4.69, 9.17) is 4.74 Å². The van der Waals surface area contributed by atoms with Crippen molar-refractivity contribution in [1.82, 2.24) is 0 Å². The molecule has 1 aromatic carbocycles. The third kappa shape index (κ3) is 2.81. The largest absolute Gasteiger partial charge is 0.487 e. The van der Waals surface area contributed by atoms with E-state index < -0.39 is 21.2 Å². The highest BCUT2D eigenvalue weighted by atomic mass is 32.2. The fourth-order valence-corrected chi connectivity index (χ4v) is 5.35. The molecule has 2 atom stereocenters. The predicted molar refractivity (Wildman–Crippen MR) is 81.2 cm³/mol. The molecular weight excluding hydrogens is 288 g/mol. The van der Waals surface area contributed by atoms with Crippen LogP contribution in [0.25, 0.3) is 0 Å². The van der Waals surface area contributed by atoms with E-state index >= 15 is 0 Å². The van der Waals surface area contributed by atoms with Crippen LogP contribution in [0.1, 0.15) is 50.3 Å². The second-order valence-electron chi connectivity index (χ2n) is 6.75. The van der Waals surface area contributed by atoms with Crippen LogP contribution in [0.15, 0.2) is 18.2 Å². The van der Waals surface area contributed by atoms with Crippen LogP contribution in [0.4, 0.5) is 0 Å². The van der Waals surface area contributed by atoms with Gasteiger partial charge in [-0.2, -0.15) is 0 Å². The van der Waals surface area contributed by atoms with E-state index in [1.165, 1.54) is 0 Å². The van der Waals surface area contributed by atoms with Crippen LogP contribution in [0.3, 0.4) is 0 Å². The van der Waals surface area contributed by atoms with Crippen molar-refractivity contribution in [3.05, 3.63) is 29.3 Å². The lowest BCUT2D eigenvalue weighted by Gasteiger charge is -2.27. The Morgan fingerprint density at radius 2 is 2.10 bits per heavy atom. The summed E-state index contributed by atoms with van der Waals surface area (Å²) < 4.78 is 30.1. The van der Waals surface area contributed by atoms with E-state index in [1.807, 2.05) is 26.0 Å². The molecule has 0 aromatic heterocycles. The molecule has 4 nitrogen and oxygen atoms in total. The molecule has 2 aliphatic rings. The number of hydrogen-bond donors (Lipinski definition) is 1. The summed E-state index contributed by atoms with van der Waals surface area (Å²) in [7, 11) is -3.19. The highest BCUT2D eigenvalue weighted by Crippen LogP contribution is 2.38. The number of benzene rings is 1. The topological polar surface area (TPSA) is 63.6 Å². The fourth-order valence-electron chi connectivity index (χ4n) is 3.36. The molecular formula is C16H22O4S. The molecule has 21 heavy (non-hydrogen) atoms. The maximum Gasteiger partial charge on any atom is 0.156 e. The van der Waals surface area contributed by atoms with E-state index in [0.717, 1.165) is 24.2 Å². The molecule has 0 aliphatic carbocycles. The summed E-state index contributed by atoms with van der Waals surface area (Å²) in [5, 5.41) is 9.86. The van der Waals surface area contributed by atoms with Crippen LogP contribution in [0.5, 0.6) is 5.75 Å². The molecule has 2 unspecified atom stereocenters. The molecule has 0 amide bonds. The second-order valence-corrected chi connectivity index (χ2v) is 9.09. The minimum atomic E-state index is -3.19. The van der Waals surface area contributed by atoms with E-state index in [9.17, 15) is 13.5 Å². The Kier molecular flexibility index (Phi) is 3.53. The zero-order valence-corrected chi connectivity index (χ0v) is 13.3. The van der Waals surface area contributed by atoms with Gasteiger partial charge < -0.3 is 9.84 Å². The summed E-state index contributed by atoms with van der Waals surface area (Å²) >= 11 is 0. The highest BCUT2D eigenvalue weighted by Gasteiger charge is 2.36. The van der Waals surface area contributed by atoms with Crippen LogP contribution in [0, 0.1) is 0 Å². The highest BCUT2D eigenvalue weighted by molar-refractivity contribution is 7.92. The first-order valence-electron chi connectivity index (χ1n) is 7.50. The molecule has 1 N–H and O–H groups in total. The Bertz CT molecular complexity index is 648. The van der Waals surface area contributed by atoms with E-state index in [0.29, 0.717) is 18.4 Å². The molecule has 3 rings (SSSR count). The predicted octanol–water partition coefficient (Wildman–Crippen LogP) is 2.40. The molecule has 1 aromatic rings. The minimum Gasteiger partial charge on any atom is -0.487 e. The third-order valence-electron chi connectivity index (χ3n) is 4.41.